The van der Waals surface area contributed by atoms with Gasteiger partial charge in [0.2, 0.25) is 0 Å². The summed E-state index contributed by atoms with van der Waals surface area (Å²) >= 11 is 0.913. The lowest BCUT2D eigenvalue weighted by molar-refractivity contribution is 0.102. The lowest BCUT2D eigenvalue weighted by Gasteiger charge is -2.14. The lowest BCUT2D eigenvalue weighted by atomic mass is 10.2. The van der Waals surface area contributed by atoms with Crippen LogP contribution in [0.25, 0.3) is 16.5 Å². The van der Waals surface area contributed by atoms with Crippen molar-refractivity contribution in [2.24, 2.45) is 0 Å². The molecule has 174 valence electrons. The standard InChI is InChI=1S/C23H22FN7O2S/c1-33-11-14-7-8-19-28-29-22(31(14)19)16-3-2-4-18(26-16)27-23(32)15-9-20(34-21(15)24)30-10-17(25-12-30)13-5-6-13/h2-4,9-10,12-14H,5-8,11H2,1H3,(H,26,27,32)/t14-/m1/s1. The molecule has 0 unspecified atom stereocenters. The Morgan fingerprint density at radius 1 is 1.29 bits per heavy atom. The first-order valence-electron chi connectivity index (χ1n) is 11.2. The van der Waals surface area contributed by atoms with Gasteiger partial charge in [-0.2, -0.15) is 4.39 Å². The zero-order chi connectivity index (χ0) is 23.2. The Balaban J connectivity index is 1.23. The van der Waals surface area contributed by atoms with E-state index in [1.807, 2.05) is 16.8 Å². The van der Waals surface area contributed by atoms with E-state index in [0.29, 0.717) is 34.9 Å². The fourth-order valence-corrected chi connectivity index (χ4v) is 5.15. The number of fused-ring (bicyclic) bond motifs is 1. The maximum atomic E-state index is 14.7. The van der Waals surface area contributed by atoms with Crippen LogP contribution in [0.3, 0.4) is 0 Å². The summed E-state index contributed by atoms with van der Waals surface area (Å²) in [5.41, 5.74) is 1.56. The van der Waals surface area contributed by atoms with Gasteiger partial charge in [0.25, 0.3) is 5.91 Å². The van der Waals surface area contributed by atoms with E-state index in [1.54, 1.807) is 30.1 Å². The van der Waals surface area contributed by atoms with Crippen molar-refractivity contribution in [3.05, 3.63) is 59.0 Å². The molecule has 1 aliphatic heterocycles. The van der Waals surface area contributed by atoms with E-state index in [-0.39, 0.29) is 11.6 Å². The first-order chi connectivity index (χ1) is 16.6. The highest BCUT2D eigenvalue weighted by Crippen LogP contribution is 2.39. The predicted octanol–water partition coefficient (Wildman–Crippen LogP) is 3.99. The van der Waals surface area contributed by atoms with Gasteiger partial charge >= 0.3 is 0 Å². The zero-order valence-corrected chi connectivity index (χ0v) is 19.3. The lowest BCUT2D eigenvalue weighted by Crippen LogP contribution is -2.14. The highest BCUT2D eigenvalue weighted by Gasteiger charge is 2.29. The third-order valence-electron chi connectivity index (χ3n) is 6.18. The van der Waals surface area contributed by atoms with Crippen molar-refractivity contribution >= 4 is 23.1 Å². The second-order valence-corrected chi connectivity index (χ2v) is 9.55. The number of amides is 1. The molecule has 0 aromatic carbocycles. The van der Waals surface area contributed by atoms with Crippen LogP contribution in [0.1, 0.15) is 53.1 Å². The number of thiophene rings is 1. The van der Waals surface area contributed by atoms with Gasteiger partial charge in [-0.3, -0.25) is 9.36 Å². The summed E-state index contributed by atoms with van der Waals surface area (Å²) in [6.45, 7) is 0.563. The summed E-state index contributed by atoms with van der Waals surface area (Å²) < 4.78 is 23.8. The number of ether oxygens (including phenoxy) is 1. The van der Waals surface area contributed by atoms with Crippen LogP contribution < -0.4 is 5.32 Å². The number of aryl methyl sites for hydroxylation is 1. The van der Waals surface area contributed by atoms with E-state index in [1.165, 1.54) is 6.07 Å². The Morgan fingerprint density at radius 2 is 2.18 bits per heavy atom. The van der Waals surface area contributed by atoms with Gasteiger partial charge < -0.3 is 14.6 Å². The number of hydrogen-bond donors (Lipinski definition) is 1. The molecule has 1 N–H and O–H groups in total. The number of imidazole rings is 1. The SMILES string of the molecule is COC[C@H]1CCc2nnc(-c3cccc(NC(=O)c4cc(-n5cnc(C6CC6)c5)sc4F)n3)n21. The molecule has 11 heteroatoms. The molecule has 5 heterocycles. The van der Waals surface area contributed by atoms with Gasteiger partial charge in [0.15, 0.2) is 11.0 Å². The molecule has 1 saturated carbocycles. The van der Waals surface area contributed by atoms with Gasteiger partial charge in [-0.1, -0.05) is 17.4 Å². The van der Waals surface area contributed by atoms with Crippen molar-refractivity contribution in [2.75, 3.05) is 19.0 Å². The van der Waals surface area contributed by atoms with Crippen LogP contribution in [0.2, 0.25) is 0 Å². The Labute approximate surface area is 198 Å². The third kappa shape index (κ3) is 3.80. The fraction of sp³-hybridized carbons (Fsp3) is 0.348. The van der Waals surface area contributed by atoms with E-state index in [9.17, 15) is 9.18 Å². The van der Waals surface area contributed by atoms with E-state index >= 15 is 0 Å². The van der Waals surface area contributed by atoms with E-state index < -0.39 is 11.0 Å². The number of halogens is 1. The molecule has 2 aliphatic rings. The number of aromatic nitrogens is 6. The van der Waals surface area contributed by atoms with Crippen molar-refractivity contribution in [1.82, 2.24) is 29.3 Å². The average molecular weight is 480 g/mol. The van der Waals surface area contributed by atoms with Crippen molar-refractivity contribution in [2.45, 2.75) is 37.6 Å². The molecule has 1 atom stereocenters. The molecule has 0 radical (unpaired) electrons. The van der Waals surface area contributed by atoms with E-state index in [4.69, 9.17) is 4.74 Å². The smallest absolute Gasteiger partial charge is 0.260 e. The minimum atomic E-state index is -0.559. The minimum Gasteiger partial charge on any atom is -0.383 e. The van der Waals surface area contributed by atoms with Gasteiger partial charge in [-0.25, -0.2) is 9.97 Å². The highest BCUT2D eigenvalue weighted by atomic mass is 32.1. The second kappa shape index (κ2) is 8.41. The quantitative estimate of drug-likeness (QED) is 0.430. The van der Waals surface area contributed by atoms with Gasteiger partial charge in [0.05, 0.1) is 23.9 Å². The maximum absolute atomic E-state index is 14.7. The molecule has 4 aromatic rings. The van der Waals surface area contributed by atoms with E-state index in [2.05, 4.69) is 25.5 Å². The molecule has 0 saturated heterocycles. The number of anilines is 1. The van der Waals surface area contributed by atoms with Gasteiger partial charge in [-0.15, -0.1) is 10.2 Å². The fourth-order valence-electron chi connectivity index (χ4n) is 4.33. The molecule has 6 rings (SSSR count). The largest absolute Gasteiger partial charge is 0.383 e. The second-order valence-electron chi connectivity index (χ2n) is 8.57. The van der Waals surface area contributed by atoms with Crippen molar-refractivity contribution < 1.29 is 13.9 Å². The Morgan fingerprint density at radius 3 is 3.00 bits per heavy atom. The van der Waals surface area contributed by atoms with Crippen molar-refractivity contribution in [3.8, 4) is 16.5 Å². The van der Waals surface area contributed by atoms with Crippen molar-refractivity contribution in [1.29, 1.82) is 0 Å². The number of nitrogens with zero attached hydrogens (tertiary/aromatic N) is 6. The molecule has 0 bridgehead atoms. The van der Waals surface area contributed by atoms with Crippen LogP contribution in [0.4, 0.5) is 10.2 Å². The summed E-state index contributed by atoms with van der Waals surface area (Å²) in [5, 5.41) is 11.3. The first-order valence-corrected chi connectivity index (χ1v) is 12.0. The average Bonchev–Trinajstić information content (AvgIpc) is 3.19. The molecule has 9 nitrogen and oxygen atoms in total. The molecule has 1 aliphatic carbocycles. The summed E-state index contributed by atoms with van der Waals surface area (Å²) in [5.74, 6) is 1.78. The monoisotopic (exact) mass is 479 g/mol. The Hall–Kier alpha value is -3.44. The van der Waals surface area contributed by atoms with Gasteiger partial charge in [0, 0.05) is 25.6 Å². The number of carbonyl (C=O) groups excluding carboxylic acids is 1. The van der Waals surface area contributed by atoms with Crippen molar-refractivity contribution in [3.63, 3.8) is 0 Å². The van der Waals surface area contributed by atoms with Crippen LogP contribution in [0.5, 0.6) is 0 Å². The van der Waals surface area contributed by atoms with Gasteiger partial charge in [-0.05, 0) is 37.5 Å². The van der Waals surface area contributed by atoms with Crippen LogP contribution in [0, 0.1) is 5.13 Å². The first kappa shape index (κ1) is 21.1. The maximum Gasteiger partial charge on any atom is 0.260 e. The number of methoxy groups -OCH3 is 1. The molecule has 1 amide bonds. The molecular formula is C23H22FN7O2S. The minimum absolute atomic E-state index is 0.0302. The summed E-state index contributed by atoms with van der Waals surface area (Å²) in [4.78, 5) is 21.8. The molecule has 0 spiro atoms. The van der Waals surface area contributed by atoms with Gasteiger partial charge in [0.1, 0.15) is 28.7 Å². The summed E-state index contributed by atoms with van der Waals surface area (Å²) in [7, 11) is 1.67. The summed E-state index contributed by atoms with van der Waals surface area (Å²) in [6.07, 6.45) is 7.61. The molecule has 34 heavy (non-hydrogen) atoms. The topological polar surface area (TPSA) is 99.8 Å². The Bertz CT molecular complexity index is 1370. The number of rotatable bonds is 7. The van der Waals surface area contributed by atoms with E-state index in [0.717, 1.165) is 48.5 Å². The molecule has 4 aromatic heterocycles. The zero-order valence-electron chi connectivity index (χ0n) is 18.4. The number of pyridine rings is 1. The number of hydrogen-bond acceptors (Lipinski definition) is 7. The van der Waals surface area contributed by atoms with Crippen LogP contribution >= 0.6 is 11.3 Å². The molecule has 1 fully saturated rings. The number of nitrogens with one attached hydrogen (secondary N) is 1. The Kier molecular flexibility index (Phi) is 5.22. The van der Waals surface area contributed by atoms with Crippen LogP contribution in [0.15, 0.2) is 36.8 Å². The van der Waals surface area contributed by atoms with Crippen LogP contribution in [-0.2, 0) is 11.2 Å². The predicted molar refractivity (Wildman–Crippen MR) is 124 cm³/mol. The highest BCUT2D eigenvalue weighted by molar-refractivity contribution is 7.13. The number of carbonyl (C=O) groups is 1. The normalized spacial score (nSPS) is 17.2. The third-order valence-corrected chi connectivity index (χ3v) is 7.12. The van der Waals surface area contributed by atoms with Crippen LogP contribution in [-0.4, -0.2) is 48.9 Å². The molecular weight excluding hydrogens is 457 g/mol. The summed E-state index contributed by atoms with van der Waals surface area (Å²) in [6, 6.07) is 6.94.